The van der Waals surface area contributed by atoms with Gasteiger partial charge in [0.15, 0.2) is 0 Å². The van der Waals surface area contributed by atoms with E-state index in [1.165, 1.54) is 6.07 Å². The Morgan fingerprint density at radius 1 is 1.12 bits per heavy atom. The van der Waals surface area contributed by atoms with Crippen LogP contribution in [0, 0.1) is 16.0 Å². The van der Waals surface area contributed by atoms with Crippen molar-refractivity contribution >= 4 is 29.3 Å². The minimum absolute atomic E-state index is 0.0256. The molecule has 4 amide bonds. The van der Waals surface area contributed by atoms with Crippen LogP contribution in [0.15, 0.2) is 18.2 Å². The molecule has 2 rings (SSSR count). The maximum absolute atomic E-state index is 12.3. The van der Waals surface area contributed by atoms with Gasteiger partial charge in [-0.1, -0.05) is 13.8 Å². The SMILES string of the molecule is CC(C)C(=O)NCCNC(=O)CN1C(=O)c2ccc([N+](=O)[O-])cc2C1=O. The second-order valence-corrected chi connectivity index (χ2v) is 5.98. The molecule has 138 valence electrons. The van der Waals surface area contributed by atoms with Crippen molar-refractivity contribution in [3.8, 4) is 0 Å². The highest BCUT2D eigenvalue weighted by Gasteiger charge is 2.37. The first-order valence-electron chi connectivity index (χ1n) is 7.91. The molecule has 0 fully saturated rings. The molecule has 0 saturated carbocycles. The number of nitro benzene ring substituents is 1. The lowest BCUT2D eigenvalue weighted by molar-refractivity contribution is -0.384. The molecule has 0 saturated heterocycles. The lowest BCUT2D eigenvalue weighted by Crippen LogP contribution is -2.43. The summed E-state index contributed by atoms with van der Waals surface area (Å²) in [5.74, 6) is -2.33. The molecule has 26 heavy (non-hydrogen) atoms. The van der Waals surface area contributed by atoms with E-state index < -0.39 is 29.2 Å². The summed E-state index contributed by atoms with van der Waals surface area (Å²) >= 11 is 0. The second-order valence-electron chi connectivity index (χ2n) is 5.98. The van der Waals surface area contributed by atoms with E-state index in [1.807, 2.05) is 0 Å². The van der Waals surface area contributed by atoms with Crippen LogP contribution in [-0.4, -0.2) is 53.1 Å². The van der Waals surface area contributed by atoms with Gasteiger partial charge in [-0.2, -0.15) is 0 Å². The van der Waals surface area contributed by atoms with Gasteiger partial charge in [0.2, 0.25) is 11.8 Å². The number of carbonyl (C=O) groups is 4. The van der Waals surface area contributed by atoms with Crippen LogP contribution in [0.4, 0.5) is 5.69 Å². The number of nitrogens with one attached hydrogen (secondary N) is 2. The van der Waals surface area contributed by atoms with Gasteiger partial charge in [0.25, 0.3) is 17.5 Å². The number of benzene rings is 1. The number of nitro groups is 1. The van der Waals surface area contributed by atoms with Crippen molar-refractivity contribution in [3.63, 3.8) is 0 Å². The highest BCUT2D eigenvalue weighted by Crippen LogP contribution is 2.26. The number of fused-ring (bicyclic) bond motifs is 1. The summed E-state index contributed by atoms with van der Waals surface area (Å²) < 4.78 is 0. The molecule has 1 aromatic carbocycles. The minimum atomic E-state index is -0.753. The molecular weight excluding hydrogens is 344 g/mol. The third-order valence-electron chi connectivity index (χ3n) is 3.74. The maximum Gasteiger partial charge on any atom is 0.270 e. The van der Waals surface area contributed by atoms with Crippen molar-refractivity contribution in [2.24, 2.45) is 5.92 Å². The van der Waals surface area contributed by atoms with Gasteiger partial charge < -0.3 is 10.6 Å². The largest absolute Gasteiger partial charge is 0.354 e. The van der Waals surface area contributed by atoms with E-state index in [4.69, 9.17) is 0 Å². The quantitative estimate of drug-likeness (QED) is 0.305. The van der Waals surface area contributed by atoms with E-state index in [0.29, 0.717) is 0 Å². The summed E-state index contributed by atoms with van der Waals surface area (Å²) in [6, 6.07) is 3.35. The molecule has 2 N–H and O–H groups in total. The van der Waals surface area contributed by atoms with Crippen molar-refractivity contribution in [1.29, 1.82) is 0 Å². The molecule has 0 radical (unpaired) electrons. The Hall–Kier alpha value is -3.30. The first kappa shape index (κ1) is 19.0. The van der Waals surface area contributed by atoms with E-state index in [9.17, 15) is 29.3 Å². The van der Waals surface area contributed by atoms with Gasteiger partial charge in [-0.15, -0.1) is 0 Å². The van der Waals surface area contributed by atoms with E-state index >= 15 is 0 Å². The van der Waals surface area contributed by atoms with Crippen LogP contribution in [0.3, 0.4) is 0 Å². The van der Waals surface area contributed by atoms with Crippen molar-refractivity contribution in [2.45, 2.75) is 13.8 Å². The van der Waals surface area contributed by atoms with Gasteiger partial charge in [0.1, 0.15) is 6.54 Å². The molecular formula is C16H18N4O6. The number of rotatable bonds is 7. The smallest absolute Gasteiger partial charge is 0.270 e. The number of hydrogen-bond donors (Lipinski definition) is 2. The number of amides is 4. The summed E-state index contributed by atoms with van der Waals surface area (Å²) in [4.78, 5) is 58.6. The zero-order valence-electron chi connectivity index (χ0n) is 14.3. The van der Waals surface area contributed by atoms with Crippen LogP contribution < -0.4 is 10.6 Å². The molecule has 10 nitrogen and oxygen atoms in total. The van der Waals surface area contributed by atoms with Crippen LogP contribution in [0.2, 0.25) is 0 Å². The molecule has 0 bridgehead atoms. The molecule has 0 aliphatic carbocycles. The summed E-state index contributed by atoms with van der Waals surface area (Å²) in [7, 11) is 0. The predicted octanol–water partition coefficient (Wildman–Crippen LogP) is 0.0792. The Morgan fingerprint density at radius 3 is 2.35 bits per heavy atom. The third kappa shape index (κ3) is 4.02. The second kappa shape index (κ2) is 7.72. The summed E-state index contributed by atoms with van der Waals surface area (Å²) in [6.45, 7) is 3.34. The zero-order valence-corrected chi connectivity index (χ0v) is 14.3. The van der Waals surface area contributed by atoms with Gasteiger partial charge >= 0.3 is 0 Å². The molecule has 0 atom stereocenters. The van der Waals surface area contributed by atoms with Crippen molar-refractivity contribution in [3.05, 3.63) is 39.4 Å². The average molecular weight is 362 g/mol. The average Bonchev–Trinajstić information content (AvgIpc) is 2.82. The standard InChI is InChI=1S/C16H18N4O6/c1-9(2)14(22)18-6-5-17-13(21)8-19-15(23)11-4-3-10(20(25)26)7-12(11)16(19)24/h3-4,7,9H,5-6,8H2,1-2H3,(H,17,21)(H,18,22). The summed E-state index contributed by atoms with van der Waals surface area (Å²) in [6.07, 6.45) is 0. The van der Waals surface area contributed by atoms with Crippen LogP contribution in [0.5, 0.6) is 0 Å². The van der Waals surface area contributed by atoms with E-state index in [2.05, 4.69) is 10.6 Å². The Balaban J connectivity index is 1.93. The molecule has 1 aliphatic heterocycles. The third-order valence-corrected chi connectivity index (χ3v) is 3.74. The van der Waals surface area contributed by atoms with E-state index in [0.717, 1.165) is 17.0 Å². The normalized spacial score (nSPS) is 13.0. The Labute approximate surface area is 148 Å². The van der Waals surface area contributed by atoms with Crippen molar-refractivity contribution < 1.29 is 24.1 Å². The number of non-ortho nitro benzene ring substituents is 1. The van der Waals surface area contributed by atoms with Gasteiger partial charge in [-0.25, -0.2) is 0 Å². The highest BCUT2D eigenvalue weighted by atomic mass is 16.6. The fourth-order valence-electron chi connectivity index (χ4n) is 2.33. The number of hydrogen-bond acceptors (Lipinski definition) is 6. The van der Waals surface area contributed by atoms with Crippen molar-refractivity contribution in [2.75, 3.05) is 19.6 Å². The maximum atomic E-state index is 12.3. The molecule has 10 heteroatoms. The van der Waals surface area contributed by atoms with Crippen LogP contribution in [-0.2, 0) is 9.59 Å². The Morgan fingerprint density at radius 2 is 1.73 bits per heavy atom. The molecule has 1 aliphatic rings. The number of imide groups is 1. The predicted molar refractivity (Wildman–Crippen MR) is 89.3 cm³/mol. The zero-order chi connectivity index (χ0) is 19.4. The fraction of sp³-hybridized carbons (Fsp3) is 0.375. The monoisotopic (exact) mass is 362 g/mol. The van der Waals surface area contributed by atoms with E-state index in [1.54, 1.807) is 13.8 Å². The summed E-state index contributed by atoms with van der Waals surface area (Å²) in [5.41, 5.74) is -0.379. The topological polar surface area (TPSA) is 139 Å². The fourth-order valence-corrected chi connectivity index (χ4v) is 2.33. The van der Waals surface area contributed by atoms with Crippen molar-refractivity contribution in [1.82, 2.24) is 15.5 Å². The first-order chi connectivity index (χ1) is 12.2. The molecule has 0 spiro atoms. The van der Waals surface area contributed by atoms with Gasteiger partial charge in [0, 0.05) is 31.1 Å². The summed E-state index contributed by atoms with van der Waals surface area (Å²) in [5, 5.41) is 15.9. The lowest BCUT2D eigenvalue weighted by Gasteiger charge is -2.14. The number of carbonyl (C=O) groups excluding carboxylic acids is 4. The first-order valence-corrected chi connectivity index (χ1v) is 7.91. The molecule has 1 aromatic rings. The van der Waals surface area contributed by atoms with Crippen LogP contribution in [0.1, 0.15) is 34.6 Å². The molecule has 1 heterocycles. The lowest BCUT2D eigenvalue weighted by atomic mass is 10.1. The van der Waals surface area contributed by atoms with Gasteiger partial charge in [0.05, 0.1) is 16.1 Å². The van der Waals surface area contributed by atoms with Crippen LogP contribution in [0.25, 0.3) is 0 Å². The molecule has 0 aromatic heterocycles. The highest BCUT2D eigenvalue weighted by molar-refractivity contribution is 6.22. The Kier molecular flexibility index (Phi) is 5.65. The Bertz CT molecular complexity index is 789. The number of nitrogens with zero attached hydrogens (tertiary/aromatic N) is 2. The van der Waals surface area contributed by atoms with Crippen LogP contribution >= 0.6 is 0 Å². The van der Waals surface area contributed by atoms with Gasteiger partial charge in [-0.05, 0) is 6.07 Å². The van der Waals surface area contributed by atoms with Gasteiger partial charge in [-0.3, -0.25) is 34.2 Å². The van der Waals surface area contributed by atoms with E-state index in [-0.39, 0.29) is 41.7 Å². The minimum Gasteiger partial charge on any atom is -0.354 e. The molecule has 0 unspecified atom stereocenters.